The summed E-state index contributed by atoms with van der Waals surface area (Å²) < 4.78 is 5.17. The number of alkyl halides is 1. The zero-order valence-electron chi connectivity index (χ0n) is 10.5. The van der Waals surface area contributed by atoms with Gasteiger partial charge in [-0.3, -0.25) is 4.79 Å². The van der Waals surface area contributed by atoms with Crippen molar-refractivity contribution in [2.75, 3.05) is 5.33 Å². The monoisotopic (exact) mass is 290 g/mol. The summed E-state index contributed by atoms with van der Waals surface area (Å²) in [5.74, 6) is -0.667. The molecule has 0 aromatic rings. The van der Waals surface area contributed by atoms with Crippen molar-refractivity contribution in [2.24, 2.45) is 5.92 Å². The molecular formula is C12H19BrO3. The molecule has 0 radical (unpaired) electrons. The molecule has 0 N–H and O–H groups in total. The van der Waals surface area contributed by atoms with E-state index in [1.807, 2.05) is 13.8 Å². The summed E-state index contributed by atoms with van der Waals surface area (Å²) in [6.07, 6.45) is 1.64. The first kappa shape index (κ1) is 15.4. The SMILES string of the molecule is CC(C)/C=C(/C(=O)CBr)C(=O)OC(C)(C)C. The summed E-state index contributed by atoms with van der Waals surface area (Å²) in [6, 6.07) is 0. The maximum absolute atomic E-state index is 11.8. The van der Waals surface area contributed by atoms with Crippen LogP contribution in [0, 0.1) is 5.92 Å². The molecule has 16 heavy (non-hydrogen) atoms. The van der Waals surface area contributed by atoms with Crippen molar-refractivity contribution in [3.05, 3.63) is 11.6 Å². The molecule has 0 aliphatic heterocycles. The lowest BCUT2D eigenvalue weighted by Crippen LogP contribution is -2.27. The number of allylic oxidation sites excluding steroid dienone is 1. The predicted octanol–water partition coefficient (Wildman–Crippen LogP) is 2.87. The summed E-state index contributed by atoms with van der Waals surface area (Å²) >= 11 is 3.06. The standard InChI is InChI=1S/C12H19BrO3/c1-8(2)6-9(10(14)7-13)11(15)16-12(3,4)5/h6,8H,7H2,1-5H3/b9-6-. The third-order valence-corrected chi connectivity index (χ3v) is 2.05. The zero-order valence-corrected chi connectivity index (χ0v) is 12.1. The first-order chi connectivity index (χ1) is 7.17. The lowest BCUT2D eigenvalue weighted by molar-refractivity contribution is -0.150. The highest BCUT2D eigenvalue weighted by Crippen LogP contribution is 2.14. The highest BCUT2D eigenvalue weighted by molar-refractivity contribution is 9.09. The number of rotatable bonds is 4. The van der Waals surface area contributed by atoms with E-state index in [4.69, 9.17) is 4.74 Å². The van der Waals surface area contributed by atoms with Crippen LogP contribution in [0.2, 0.25) is 0 Å². The molecule has 0 aliphatic rings. The third-order valence-electron chi connectivity index (χ3n) is 1.54. The molecule has 0 saturated heterocycles. The van der Waals surface area contributed by atoms with Crippen molar-refractivity contribution in [1.82, 2.24) is 0 Å². The van der Waals surface area contributed by atoms with Crippen molar-refractivity contribution in [1.29, 1.82) is 0 Å². The Hall–Kier alpha value is -0.640. The fourth-order valence-corrected chi connectivity index (χ4v) is 1.32. The van der Waals surface area contributed by atoms with Gasteiger partial charge in [-0.1, -0.05) is 35.9 Å². The number of ketones is 1. The molecule has 4 heteroatoms. The van der Waals surface area contributed by atoms with Gasteiger partial charge in [0, 0.05) is 0 Å². The average Bonchev–Trinajstić information content (AvgIpc) is 2.09. The molecule has 0 fully saturated rings. The van der Waals surface area contributed by atoms with Crippen molar-refractivity contribution in [2.45, 2.75) is 40.2 Å². The van der Waals surface area contributed by atoms with Crippen molar-refractivity contribution in [3.8, 4) is 0 Å². The van der Waals surface area contributed by atoms with Crippen LogP contribution < -0.4 is 0 Å². The van der Waals surface area contributed by atoms with Gasteiger partial charge in [-0.2, -0.15) is 0 Å². The molecule has 92 valence electrons. The minimum absolute atomic E-state index is 0.127. The van der Waals surface area contributed by atoms with Gasteiger partial charge < -0.3 is 4.74 Å². The average molecular weight is 291 g/mol. The van der Waals surface area contributed by atoms with Gasteiger partial charge in [-0.05, 0) is 26.7 Å². The molecule has 0 rings (SSSR count). The van der Waals surface area contributed by atoms with E-state index in [-0.39, 0.29) is 22.6 Å². The number of hydrogen-bond acceptors (Lipinski definition) is 3. The number of hydrogen-bond donors (Lipinski definition) is 0. The van der Waals surface area contributed by atoms with Gasteiger partial charge in [0.25, 0.3) is 0 Å². The second kappa shape index (κ2) is 6.18. The van der Waals surface area contributed by atoms with Gasteiger partial charge in [0.05, 0.1) is 10.9 Å². The fourth-order valence-electron chi connectivity index (χ4n) is 1.01. The first-order valence-electron chi connectivity index (χ1n) is 5.21. The molecule has 0 aliphatic carbocycles. The lowest BCUT2D eigenvalue weighted by atomic mass is 10.1. The Morgan fingerprint density at radius 1 is 1.31 bits per heavy atom. The number of Topliss-reactive ketones (excluding diaryl/α,β-unsaturated/α-hetero) is 1. The fraction of sp³-hybridized carbons (Fsp3) is 0.667. The van der Waals surface area contributed by atoms with Crippen LogP contribution in [0.25, 0.3) is 0 Å². The number of carbonyl (C=O) groups excluding carboxylic acids is 2. The van der Waals surface area contributed by atoms with Crippen LogP contribution in [-0.2, 0) is 14.3 Å². The minimum atomic E-state index is -0.584. The Morgan fingerprint density at radius 3 is 2.12 bits per heavy atom. The van der Waals surface area contributed by atoms with Crippen LogP contribution >= 0.6 is 15.9 Å². The maximum Gasteiger partial charge on any atom is 0.341 e. The van der Waals surface area contributed by atoms with Gasteiger partial charge >= 0.3 is 5.97 Å². The minimum Gasteiger partial charge on any atom is -0.456 e. The Kier molecular flexibility index (Phi) is 5.94. The van der Waals surface area contributed by atoms with Crippen LogP contribution in [0.4, 0.5) is 0 Å². The van der Waals surface area contributed by atoms with E-state index in [0.717, 1.165) is 0 Å². The number of halogens is 1. The Balaban J connectivity index is 4.93. The number of carbonyl (C=O) groups is 2. The van der Waals surface area contributed by atoms with E-state index in [0.29, 0.717) is 0 Å². The van der Waals surface area contributed by atoms with Crippen molar-refractivity contribution in [3.63, 3.8) is 0 Å². The van der Waals surface area contributed by atoms with Gasteiger partial charge in [-0.25, -0.2) is 4.79 Å². The van der Waals surface area contributed by atoms with Gasteiger partial charge in [0.2, 0.25) is 0 Å². The van der Waals surface area contributed by atoms with E-state index in [9.17, 15) is 9.59 Å². The molecule has 0 saturated carbocycles. The summed E-state index contributed by atoms with van der Waals surface area (Å²) in [4.78, 5) is 23.3. The summed E-state index contributed by atoms with van der Waals surface area (Å²) in [5.41, 5.74) is -0.457. The van der Waals surface area contributed by atoms with E-state index < -0.39 is 11.6 Å². The molecule has 0 unspecified atom stereocenters. The highest BCUT2D eigenvalue weighted by atomic mass is 79.9. The number of esters is 1. The Bertz CT molecular complexity index is 298. The molecule has 3 nitrogen and oxygen atoms in total. The van der Waals surface area contributed by atoms with E-state index in [1.165, 1.54) is 0 Å². The molecule has 0 atom stereocenters. The van der Waals surface area contributed by atoms with Crippen molar-refractivity contribution >= 4 is 27.7 Å². The van der Waals surface area contributed by atoms with Crippen molar-refractivity contribution < 1.29 is 14.3 Å². The van der Waals surface area contributed by atoms with Crippen LogP contribution in [-0.4, -0.2) is 22.7 Å². The highest BCUT2D eigenvalue weighted by Gasteiger charge is 2.24. The first-order valence-corrected chi connectivity index (χ1v) is 6.34. The smallest absolute Gasteiger partial charge is 0.341 e. The summed E-state index contributed by atoms with van der Waals surface area (Å²) in [5, 5.41) is 0.130. The van der Waals surface area contributed by atoms with Gasteiger partial charge in [-0.15, -0.1) is 0 Å². The Morgan fingerprint density at radius 2 is 1.81 bits per heavy atom. The van der Waals surface area contributed by atoms with E-state index in [2.05, 4.69) is 15.9 Å². The molecule has 0 amide bonds. The summed E-state index contributed by atoms with van der Waals surface area (Å²) in [6.45, 7) is 9.14. The zero-order chi connectivity index (χ0) is 12.9. The van der Waals surface area contributed by atoms with Gasteiger partial charge in [0.1, 0.15) is 5.60 Å². The molecule has 0 heterocycles. The molecule has 0 bridgehead atoms. The summed E-state index contributed by atoms with van der Waals surface area (Å²) in [7, 11) is 0. The molecular weight excluding hydrogens is 272 g/mol. The number of ether oxygens (including phenoxy) is 1. The van der Waals surface area contributed by atoms with E-state index in [1.54, 1.807) is 26.8 Å². The quantitative estimate of drug-likeness (QED) is 0.263. The normalized spacial score (nSPS) is 12.8. The van der Waals surface area contributed by atoms with Crippen LogP contribution in [0.5, 0.6) is 0 Å². The van der Waals surface area contributed by atoms with Gasteiger partial charge in [0.15, 0.2) is 5.78 Å². The molecule has 0 aromatic carbocycles. The van der Waals surface area contributed by atoms with Crippen LogP contribution in [0.3, 0.4) is 0 Å². The topological polar surface area (TPSA) is 43.4 Å². The largest absolute Gasteiger partial charge is 0.456 e. The third kappa shape index (κ3) is 6.05. The second-order valence-corrected chi connectivity index (χ2v) is 5.44. The molecule has 0 spiro atoms. The molecule has 0 aromatic heterocycles. The maximum atomic E-state index is 11.8. The predicted molar refractivity (Wildman–Crippen MR) is 67.6 cm³/mol. The second-order valence-electron chi connectivity index (χ2n) is 4.88. The van der Waals surface area contributed by atoms with Crippen LogP contribution in [0.15, 0.2) is 11.6 Å². The Labute approximate surface area is 105 Å². The lowest BCUT2D eigenvalue weighted by Gasteiger charge is -2.20. The van der Waals surface area contributed by atoms with E-state index >= 15 is 0 Å². The van der Waals surface area contributed by atoms with Crippen LogP contribution in [0.1, 0.15) is 34.6 Å².